The maximum Gasteiger partial charge on any atom is 0.176 e. The number of fused-ring (bicyclic) bond motifs is 1. The number of rotatable bonds is 5. The van der Waals surface area contributed by atoms with Gasteiger partial charge in [0.05, 0.1) is 25.2 Å². The lowest BCUT2D eigenvalue weighted by atomic mass is 10.0. The maximum atomic E-state index is 12.2. The predicted octanol–water partition coefficient (Wildman–Crippen LogP) is 3.65. The van der Waals surface area contributed by atoms with Gasteiger partial charge in [-0.3, -0.25) is 4.79 Å². The number of nitrogens with zero attached hydrogens (tertiary/aromatic N) is 1. The van der Waals surface area contributed by atoms with E-state index >= 15 is 0 Å². The van der Waals surface area contributed by atoms with Gasteiger partial charge in [0.15, 0.2) is 17.3 Å². The van der Waals surface area contributed by atoms with Crippen molar-refractivity contribution in [2.24, 2.45) is 5.92 Å². The highest BCUT2D eigenvalue weighted by Gasteiger charge is 2.18. The van der Waals surface area contributed by atoms with Crippen LogP contribution in [0.5, 0.6) is 11.5 Å². The van der Waals surface area contributed by atoms with Crippen LogP contribution in [0, 0.1) is 17.2 Å². The standard InChI is InChI=1S/C15H15NO3S/c1-9(4-5-16)15(17)14-7-10-6-11(18-2)12(19-3)8-13(10)20-14/h6-9H,4H2,1-3H3. The molecule has 0 radical (unpaired) electrons. The Morgan fingerprint density at radius 2 is 1.95 bits per heavy atom. The normalized spacial score (nSPS) is 11.9. The Morgan fingerprint density at radius 1 is 1.30 bits per heavy atom. The molecule has 0 saturated carbocycles. The largest absolute Gasteiger partial charge is 0.493 e. The minimum absolute atomic E-state index is 0.00526. The van der Waals surface area contributed by atoms with Gasteiger partial charge in [0.25, 0.3) is 0 Å². The first-order valence-electron chi connectivity index (χ1n) is 6.17. The van der Waals surface area contributed by atoms with Crippen LogP contribution in [0.2, 0.25) is 0 Å². The molecule has 1 aromatic carbocycles. The first kappa shape index (κ1) is 14.4. The zero-order valence-electron chi connectivity index (χ0n) is 11.6. The highest BCUT2D eigenvalue weighted by atomic mass is 32.1. The Hall–Kier alpha value is -2.06. The summed E-state index contributed by atoms with van der Waals surface area (Å²) in [6.07, 6.45) is 0.236. The molecule has 0 aliphatic heterocycles. The maximum absolute atomic E-state index is 12.2. The van der Waals surface area contributed by atoms with Crippen LogP contribution in [0.25, 0.3) is 10.1 Å². The average molecular weight is 289 g/mol. The third-order valence-electron chi connectivity index (χ3n) is 3.11. The molecule has 5 heteroatoms. The summed E-state index contributed by atoms with van der Waals surface area (Å²) in [4.78, 5) is 12.9. The van der Waals surface area contributed by atoms with Crippen molar-refractivity contribution in [3.63, 3.8) is 0 Å². The van der Waals surface area contributed by atoms with E-state index in [1.54, 1.807) is 21.1 Å². The summed E-state index contributed by atoms with van der Waals surface area (Å²) in [6, 6.07) is 7.60. The Morgan fingerprint density at radius 3 is 2.55 bits per heavy atom. The quantitative estimate of drug-likeness (QED) is 0.788. The third kappa shape index (κ3) is 2.61. The summed E-state index contributed by atoms with van der Waals surface area (Å²) in [6.45, 7) is 1.77. The van der Waals surface area contributed by atoms with Crippen LogP contribution in [0.1, 0.15) is 23.0 Å². The lowest BCUT2D eigenvalue weighted by Gasteiger charge is -2.06. The van der Waals surface area contributed by atoms with Gasteiger partial charge in [-0.2, -0.15) is 5.26 Å². The highest BCUT2D eigenvalue weighted by Crippen LogP contribution is 2.37. The van der Waals surface area contributed by atoms with E-state index in [0.29, 0.717) is 16.4 Å². The fourth-order valence-electron chi connectivity index (χ4n) is 1.96. The van der Waals surface area contributed by atoms with Crippen LogP contribution in [0.3, 0.4) is 0 Å². The van der Waals surface area contributed by atoms with E-state index < -0.39 is 0 Å². The van der Waals surface area contributed by atoms with Crippen molar-refractivity contribution in [2.45, 2.75) is 13.3 Å². The summed E-state index contributed by atoms with van der Waals surface area (Å²) in [5.41, 5.74) is 0. The molecule has 0 bridgehead atoms. The van der Waals surface area contributed by atoms with Gasteiger partial charge < -0.3 is 9.47 Å². The van der Waals surface area contributed by atoms with Gasteiger partial charge in [0, 0.05) is 23.1 Å². The van der Waals surface area contributed by atoms with Crippen molar-refractivity contribution in [1.82, 2.24) is 0 Å². The fourth-order valence-corrected chi connectivity index (χ4v) is 3.09. The molecule has 104 valence electrons. The van der Waals surface area contributed by atoms with Crippen molar-refractivity contribution in [1.29, 1.82) is 5.26 Å². The minimum atomic E-state index is -0.281. The molecule has 2 rings (SSSR count). The molecule has 0 spiro atoms. The lowest BCUT2D eigenvalue weighted by Crippen LogP contribution is -2.08. The van der Waals surface area contributed by atoms with E-state index in [1.807, 2.05) is 24.3 Å². The summed E-state index contributed by atoms with van der Waals surface area (Å²) in [7, 11) is 3.16. The van der Waals surface area contributed by atoms with Crippen LogP contribution in [0.4, 0.5) is 0 Å². The zero-order valence-corrected chi connectivity index (χ0v) is 12.4. The summed E-state index contributed by atoms with van der Waals surface area (Å²) in [5, 5.41) is 9.62. The van der Waals surface area contributed by atoms with E-state index in [4.69, 9.17) is 14.7 Å². The van der Waals surface area contributed by atoms with E-state index in [9.17, 15) is 4.79 Å². The molecular formula is C15H15NO3S. The number of carbonyl (C=O) groups excluding carboxylic acids is 1. The number of benzene rings is 1. The molecule has 0 aliphatic rings. The highest BCUT2D eigenvalue weighted by molar-refractivity contribution is 7.20. The molecule has 0 aliphatic carbocycles. The van der Waals surface area contributed by atoms with Crippen molar-refractivity contribution < 1.29 is 14.3 Å². The number of methoxy groups -OCH3 is 2. The number of carbonyl (C=O) groups is 1. The van der Waals surface area contributed by atoms with Gasteiger partial charge in [-0.05, 0) is 17.5 Å². The Bertz CT molecular complexity index is 643. The number of hydrogen-bond acceptors (Lipinski definition) is 5. The van der Waals surface area contributed by atoms with Gasteiger partial charge in [0.1, 0.15) is 0 Å². The Kier molecular flexibility index (Phi) is 4.26. The fraction of sp³-hybridized carbons (Fsp3) is 0.333. The second-order valence-electron chi connectivity index (χ2n) is 4.48. The van der Waals surface area contributed by atoms with Gasteiger partial charge in [-0.15, -0.1) is 11.3 Å². The molecule has 0 amide bonds. The van der Waals surface area contributed by atoms with E-state index in [2.05, 4.69) is 0 Å². The first-order chi connectivity index (χ1) is 9.60. The number of ketones is 1. The third-order valence-corrected chi connectivity index (χ3v) is 4.22. The second-order valence-corrected chi connectivity index (χ2v) is 5.57. The zero-order chi connectivity index (χ0) is 14.7. The lowest BCUT2D eigenvalue weighted by molar-refractivity contribution is 0.0936. The van der Waals surface area contributed by atoms with Crippen LogP contribution in [-0.4, -0.2) is 20.0 Å². The predicted molar refractivity (Wildman–Crippen MR) is 78.7 cm³/mol. The van der Waals surface area contributed by atoms with Crippen LogP contribution in [-0.2, 0) is 0 Å². The van der Waals surface area contributed by atoms with E-state index in [0.717, 1.165) is 10.1 Å². The van der Waals surface area contributed by atoms with Crippen molar-refractivity contribution in [3.8, 4) is 17.6 Å². The molecule has 1 atom stereocenters. The number of Topliss-reactive ketones (excluding diaryl/α,β-unsaturated/α-hetero) is 1. The summed E-state index contributed by atoms with van der Waals surface area (Å²) >= 11 is 1.41. The van der Waals surface area contributed by atoms with Gasteiger partial charge in [-0.25, -0.2) is 0 Å². The van der Waals surface area contributed by atoms with Gasteiger partial charge in [-0.1, -0.05) is 6.92 Å². The molecule has 1 aromatic heterocycles. The Labute approximate surface area is 121 Å². The van der Waals surface area contributed by atoms with E-state index in [1.165, 1.54) is 11.3 Å². The van der Waals surface area contributed by atoms with E-state index in [-0.39, 0.29) is 18.1 Å². The smallest absolute Gasteiger partial charge is 0.176 e. The summed E-state index contributed by atoms with van der Waals surface area (Å²) < 4.78 is 11.5. The van der Waals surface area contributed by atoms with Gasteiger partial charge in [0.2, 0.25) is 0 Å². The average Bonchev–Trinajstić information content (AvgIpc) is 2.87. The van der Waals surface area contributed by atoms with Crippen LogP contribution < -0.4 is 9.47 Å². The number of ether oxygens (including phenoxy) is 2. The molecule has 4 nitrogen and oxygen atoms in total. The molecule has 1 unspecified atom stereocenters. The molecule has 0 fully saturated rings. The second kappa shape index (κ2) is 5.93. The number of nitriles is 1. The monoisotopic (exact) mass is 289 g/mol. The Balaban J connectivity index is 2.44. The van der Waals surface area contributed by atoms with Crippen molar-refractivity contribution in [3.05, 3.63) is 23.1 Å². The number of hydrogen-bond donors (Lipinski definition) is 0. The molecule has 0 saturated heterocycles. The van der Waals surface area contributed by atoms with Crippen LogP contribution >= 0.6 is 11.3 Å². The molecule has 2 aromatic rings. The molecule has 1 heterocycles. The number of thiophene rings is 1. The molecular weight excluding hydrogens is 274 g/mol. The van der Waals surface area contributed by atoms with Crippen LogP contribution in [0.15, 0.2) is 18.2 Å². The van der Waals surface area contributed by atoms with Gasteiger partial charge >= 0.3 is 0 Å². The molecule has 20 heavy (non-hydrogen) atoms. The van der Waals surface area contributed by atoms with Crippen molar-refractivity contribution in [2.75, 3.05) is 14.2 Å². The SMILES string of the molecule is COc1cc2cc(C(=O)C(C)CC#N)sc2cc1OC. The first-order valence-corrected chi connectivity index (χ1v) is 6.99. The molecule has 0 N–H and O–H groups in total. The minimum Gasteiger partial charge on any atom is -0.493 e. The summed E-state index contributed by atoms with van der Waals surface area (Å²) in [5.74, 6) is 1.01. The van der Waals surface area contributed by atoms with Crippen molar-refractivity contribution >= 4 is 27.2 Å². The topological polar surface area (TPSA) is 59.3 Å².